The Bertz CT molecular complexity index is 897. The molecule has 10 heteroatoms. The molecular formula is C18H19F3N4O3. The second kappa shape index (κ2) is 6.92. The van der Waals surface area contributed by atoms with Gasteiger partial charge in [-0.05, 0) is 24.1 Å². The summed E-state index contributed by atoms with van der Waals surface area (Å²) in [7, 11) is 0. The van der Waals surface area contributed by atoms with Crippen molar-refractivity contribution in [3.8, 4) is 11.5 Å². The molecule has 28 heavy (non-hydrogen) atoms. The van der Waals surface area contributed by atoms with Crippen LogP contribution in [0.2, 0.25) is 0 Å². The van der Waals surface area contributed by atoms with Crippen LogP contribution in [0.25, 0.3) is 0 Å². The molecule has 0 fully saturated rings. The molecule has 2 aliphatic rings. The Labute approximate surface area is 158 Å². The van der Waals surface area contributed by atoms with Crippen LogP contribution in [0.15, 0.2) is 24.3 Å². The topological polar surface area (TPSA) is 77.4 Å². The minimum Gasteiger partial charge on any atom is -0.454 e. The number of halogens is 3. The van der Waals surface area contributed by atoms with Crippen LogP contribution in [-0.4, -0.2) is 35.2 Å². The number of benzene rings is 1. The Morgan fingerprint density at radius 2 is 2.11 bits per heavy atom. The van der Waals surface area contributed by atoms with Crippen molar-refractivity contribution in [1.29, 1.82) is 0 Å². The summed E-state index contributed by atoms with van der Waals surface area (Å²) in [5, 5.41) is 9.61. The van der Waals surface area contributed by atoms with E-state index in [0.29, 0.717) is 23.6 Å². The van der Waals surface area contributed by atoms with Crippen molar-refractivity contribution < 1.29 is 27.4 Å². The summed E-state index contributed by atoms with van der Waals surface area (Å²) >= 11 is 0. The van der Waals surface area contributed by atoms with Gasteiger partial charge in [-0.1, -0.05) is 13.0 Å². The summed E-state index contributed by atoms with van der Waals surface area (Å²) in [5.74, 6) is 0.720. The maximum Gasteiger partial charge on any atom is 0.410 e. The zero-order valence-corrected chi connectivity index (χ0v) is 15.0. The highest BCUT2D eigenvalue weighted by Crippen LogP contribution is 2.45. The number of fused-ring (bicyclic) bond motifs is 2. The fourth-order valence-corrected chi connectivity index (χ4v) is 3.36. The first-order chi connectivity index (χ1) is 13.4. The average molecular weight is 396 g/mol. The van der Waals surface area contributed by atoms with E-state index in [9.17, 15) is 18.0 Å². The fraction of sp³-hybridized carbons (Fsp3) is 0.444. The smallest absolute Gasteiger partial charge is 0.410 e. The number of amides is 1. The van der Waals surface area contributed by atoms with Gasteiger partial charge in [-0.2, -0.15) is 18.3 Å². The molecule has 0 bridgehead atoms. The van der Waals surface area contributed by atoms with Gasteiger partial charge in [0.15, 0.2) is 23.2 Å². The molecule has 2 atom stereocenters. The highest BCUT2D eigenvalue weighted by atomic mass is 19.4. The molecule has 1 aromatic heterocycles. The molecule has 7 nitrogen and oxygen atoms in total. The highest BCUT2D eigenvalue weighted by molar-refractivity contribution is 5.93. The summed E-state index contributed by atoms with van der Waals surface area (Å²) < 4.78 is 52.6. The Morgan fingerprint density at radius 3 is 2.86 bits per heavy atom. The summed E-state index contributed by atoms with van der Waals surface area (Å²) in [4.78, 5) is 12.1. The molecule has 150 valence electrons. The number of carbonyl (C=O) groups is 1. The first-order valence-electron chi connectivity index (χ1n) is 8.97. The Morgan fingerprint density at radius 1 is 1.32 bits per heavy atom. The molecule has 0 saturated carbocycles. The number of alkyl halides is 3. The van der Waals surface area contributed by atoms with Gasteiger partial charge in [-0.25, -0.2) is 4.68 Å². The van der Waals surface area contributed by atoms with Crippen LogP contribution in [-0.2, 0) is 0 Å². The maximum atomic E-state index is 13.7. The molecule has 2 aromatic rings. The van der Waals surface area contributed by atoms with E-state index in [4.69, 9.17) is 9.47 Å². The lowest BCUT2D eigenvalue weighted by molar-refractivity contribution is -0.173. The number of aromatic nitrogens is 2. The molecule has 0 saturated heterocycles. The molecule has 2 aliphatic heterocycles. The van der Waals surface area contributed by atoms with E-state index in [1.54, 1.807) is 18.2 Å². The maximum absolute atomic E-state index is 13.7. The average Bonchev–Trinajstić information content (AvgIpc) is 3.30. The summed E-state index contributed by atoms with van der Waals surface area (Å²) in [5.41, 5.74) is 0.597. The molecular weight excluding hydrogens is 377 g/mol. The first kappa shape index (κ1) is 18.5. The van der Waals surface area contributed by atoms with Crippen LogP contribution in [0.1, 0.15) is 47.9 Å². The summed E-state index contributed by atoms with van der Waals surface area (Å²) in [6.07, 6.45) is -4.04. The number of anilines is 1. The second-order valence-corrected chi connectivity index (χ2v) is 6.72. The molecule has 0 spiro atoms. The van der Waals surface area contributed by atoms with Crippen LogP contribution in [0.5, 0.6) is 11.5 Å². The van der Waals surface area contributed by atoms with Crippen LogP contribution in [0.3, 0.4) is 0 Å². The number of nitrogens with one attached hydrogen (secondary N) is 2. The van der Waals surface area contributed by atoms with Gasteiger partial charge in [0.25, 0.3) is 5.91 Å². The molecule has 4 rings (SSSR count). The lowest BCUT2D eigenvalue weighted by Gasteiger charge is -2.33. The SMILES string of the molecule is CCCNC(=O)c1cc2n(n1)[C@@H](C(F)(F)F)C[C@H](c1ccc3c(c1)OCO3)N2. The van der Waals surface area contributed by atoms with Crippen molar-refractivity contribution in [2.45, 2.75) is 38.0 Å². The highest BCUT2D eigenvalue weighted by Gasteiger charge is 2.47. The molecule has 0 unspecified atom stereocenters. The van der Waals surface area contributed by atoms with Crippen molar-refractivity contribution in [2.75, 3.05) is 18.7 Å². The van der Waals surface area contributed by atoms with E-state index >= 15 is 0 Å². The van der Waals surface area contributed by atoms with Crippen LogP contribution >= 0.6 is 0 Å². The number of hydrogen-bond acceptors (Lipinski definition) is 5. The standard InChI is InChI=1S/C18H19F3N4O3/c1-2-5-22-17(26)12-8-16-23-11(7-15(18(19,20)21)25(16)24-12)10-3-4-13-14(6-10)28-9-27-13/h3-4,6,8,11,15,23H,2,5,7,9H2,1H3,(H,22,26)/t11-,15-/m1/s1. The van der Waals surface area contributed by atoms with Gasteiger partial charge in [0.05, 0.1) is 6.04 Å². The minimum atomic E-state index is -4.51. The first-order valence-corrected chi connectivity index (χ1v) is 8.97. The van der Waals surface area contributed by atoms with Gasteiger partial charge in [0.1, 0.15) is 5.82 Å². The molecule has 1 amide bonds. The quantitative estimate of drug-likeness (QED) is 0.828. The van der Waals surface area contributed by atoms with Gasteiger partial charge in [0.2, 0.25) is 6.79 Å². The molecule has 3 heterocycles. The van der Waals surface area contributed by atoms with Crippen molar-refractivity contribution in [2.24, 2.45) is 0 Å². The lowest BCUT2D eigenvalue weighted by atomic mass is 9.96. The Balaban J connectivity index is 1.66. The van der Waals surface area contributed by atoms with Crippen molar-refractivity contribution in [3.05, 3.63) is 35.5 Å². The van der Waals surface area contributed by atoms with Gasteiger partial charge in [-0.3, -0.25) is 4.79 Å². The van der Waals surface area contributed by atoms with E-state index in [1.165, 1.54) is 6.07 Å². The van der Waals surface area contributed by atoms with E-state index < -0.39 is 24.2 Å². The zero-order valence-electron chi connectivity index (χ0n) is 15.0. The van der Waals surface area contributed by atoms with E-state index in [0.717, 1.165) is 11.1 Å². The molecule has 1 aromatic carbocycles. The fourth-order valence-electron chi connectivity index (χ4n) is 3.36. The Hall–Kier alpha value is -2.91. The second-order valence-electron chi connectivity index (χ2n) is 6.72. The van der Waals surface area contributed by atoms with Gasteiger partial charge in [0, 0.05) is 19.0 Å². The Kier molecular flexibility index (Phi) is 4.56. The predicted octanol–water partition coefficient (Wildman–Crippen LogP) is 3.41. The van der Waals surface area contributed by atoms with Crippen LogP contribution in [0.4, 0.5) is 19.0 Å². The largest absolute Gasteiger partial charge is 0.454 e. The molecule has 0 aliphatic carbocycles. The minimum absolute atomic E-state index is 0.0449. The molecule has 2 N–H and O–H groups in total. The monoisotopic (exact) mass is 396 g/mol. The summed E-state index contributed by atoms with van der Waals surface area (Å²) in [6, 6.07) is 3.96. The van der Waals surface area contributed by atoms with E-state index in [1.807, 2.05) is 6.92 Å². The molecule has 0 radical (unpaired) electrons. The summed E-state index contributed by atoms with van der Waals surface area (Å²) in [6.45, 7) is 2.40. The lowest BCUT2D eigenvalue weighted by Crippen LogP contribution is -2.35. The third-order valence-electron chi connectivity index (χ3n) is 4.76. The predicted molar refractivity (Wildman–Crippen MR) is 93.5 cm³/mol. The van der Waals surface area contributed by atoms with Crippen LogP contribution < -0.4 is 20.1 Å². The van der Waals surface area contributed by atoms with Gasteiger partial charge >= 0.3 is 6.18 Å². The van der Waals surface area contributed by atoms with Crippen molar-refractivity contribution in [1.82, 2.24) is 15.1 Å². The van der Waals surface area contributed by atoms with Gasteiger partial charge < -0.3 is 20.1 Å². The zero-order chi connectivity index (χ0) is 19.9. The van der Waals surface area contributed by atoms with E-state index in [2.05, 4.69) is 15.7 Å². The number of rotatable bonds is 4. The van der Waals surface area contributed by atoms with E-state index in [-0.39, 0.29) is 24.7 Å². The van der Waals surface area contributed by atoms with Gasteiger partial charge in [-0.15, -0.1) is 0 Å². The normalized spacial score (nSPS) is 20.4. The third kappa shape index (κ3) is 3.34. The number of ether oxygens (including phenoxy) is 2. The van der Waals surface area contributed by atoms with Crippen LogP contribution in [0, 0.1) is 0 Å². The third-order valence-corrected chi connectivity index (χ3v) is 4.76. The van der Waals surface area contributed by atoms with Crippen molar-refractivity contribution in [3.63, 3.8) is 0 Å². The van der Waals surface area contributed by atoms with Crippen molar-refractivity contribution >= 4 is 11.7 Å². The number of nitrogens with zero attached hydrogens (tertiary/aromatic N) is 2. The number of carbonyl (C=O) groups excluding carboxylic acids is 1. The number of hydrogen-bond donors (Lipinski definition) is 2.